The standard InChI is InChI=1S/C10H20O6/c1-13-6-8(15-3)9(12)10(16-4)7(5-11)14-2/h5,7-10,12H,6H2,1-4H3/t7-,8+,9+,10+/m0/s1/i1D,2D,3D,4D. The molecule has 0 aliphatic carbocycles. The summed E-state index contributed by atoms with van der Waals surface area (Å²) < 4.78 is 47.3. The van der Waals surface area contributed by atoms with Crippen LogP contribution in [-0.4, -0.2) is 70.8 Å². The first-order valence-corrected chi connectivity index (χ1v) is 4.39. The molecule has 6 heteroatoms. The molecule has 0 spiro atoms. The van der Waals surface area contributed by atoms with Gasteiger partial charge < -0.3 is 28.8 Å². The summed E-state index contributed by atoms with van der Waals surface area (Å²) in [5, 5.41) is 10.1. The molecule has 0 heterocycles. The highest BCUT2D eigenvalue weighted by molar-refractivity contribution is 5.57. The number of methoxy groups -OCH3 is 4. The summed E-state index contributed by atoms with van der Waals surface area (Å²) in [6.45, 7) is -0.173. The van der Waals surface area contributed by atoms with E-state index in [4.69, 9.17) is 24.4 Å². The molecule has 0 saturated heterocycles. The highest BCUT2D eigenvalue weighted by atomic mass is 16.6. The van der Waals surface area contributed by atoms with E-state index in [2.05, 4.69) is 0 Å². The van der Waals surface area contributed by atoms with Crippen molar-refractivity contribution < 1.29 is 34.3 Å². The Hall–Kier alpha value is -0.530. The van der Waals surface area contributed by atoms with Crippen LogP contribution in [0.4, 0.5) is 0 Å². The predicted molar refractivity (Wildman–Crippen MR) is 56.3 cm³/mol. The lowest BCUT2D eigenvalue weighted by Gasteiger charge is -2.30. The number of carbonyl (C=O) groups is 1. The molecule has 0 unspecified atom stereocenters. The molecule has 0 aliphatic rings. The molecule has 0 radical (unpaired) electrons. The number of rotatable bonds is 9. The number of hydrogen-bond donors (Lipinski definition) is 1. The van der Waals surface area contributed by atoms with Gasteiger partial charge in [-0.25, -0.2) is 0 Å². The van der Waals surface area contributed by atoms with Crippen molar-refractivity contribution in [3.63, 3.8) is 0 Å². The predicted octanol–water partition coefficient (Wildman–Crippen LogP) is -0.762. The second-order valence-electron chi connectivity index (χ2n) is 2.97. The normalized spacial score (nSPS) is 22.1. The molecule has 0 aromatic rings. The molecular weight excluding hydrogens is 216 g/mol. The Morgan fingerprint density at radius 3 is 2.56 bits per heavy atom. The summed E-state index contributed by atoms with van der Waals surface area (Å²) in [4.78, 5) is 10.9. The highest BCUT2D eigenvalue weighted by Gasteiger charge is 2.34. The Morgan fingerprint density at radius 2 is 2.00 bits per heavy atom. The van der Waals surface area contributed by atoms with Gasteiger partial charge in [0.15, 0.2) is 6.29 Å². The maximum Gasteiger partial charge on any atom is 0.151 e. The molecule has 0 fully saturated rings. The van der Waals surface area contributed by atoms with E-state index in [-0.39, 0.29) is 13.7 Å². The fourth-order valence-corrected chi connectivity index (χ4v) is 1.17. The molecule has 0 amide bonds. The molecular formula is C10H20O6. The lowest BCUT2D eigenvalue weighted by atomic mass is 10.0. The molecule has 0 saturated carbocycles. The first-order valence-electron chi connectivity index (χ1n) is 7.21. The second-order valence-corrected chi connectivity index (χ2v) is 2.97. The maximum absolute atomic E-state index is 10.9. The number of hydrogen-bond acceptors (Lipinski definition) is 6. The van der Waals surface area contributed by atoms with E-state index in [9.17, 15) is 9.90 Å². The molecule has 16 heavy (non-hydrogen) atoms. The van der Waals surface area contributed by atoms with Gasteiger partial charge in [0, 0.05) is 28.3 Å². The summed E-state index contributed by atoms with van der Waals surface area (Å²) >= 11 is 0. The van der Waals surface area contributed by atoms with Crippen LogP contribution in [0.25, 0.3) is 0 Å². The number of carbonyl (C=O) groups excluding carboxylic acids is 1. The molecule has 0 bridgehead atoms. The summed E-state index contributed by atoms with van der Waals surface area (Å²) in [6.07, 6.45) is -4.51. The third-order valence-corrected chi connectivity index (χ3v) is 2.06. The van der Waals surface area contributed by atoms with E-state index in [1.807, 2.05) is 0 Å². The quantitative estimate of drug-likeness (QED) is 0.534. The van der Waals surface area contributed by atoms with Crippen LogP contribution in [0.3, 0.4) is 0 Å². The number of aliphatic hydroxyl groups is 1. The molecule has 96 valence electrons. The lowest BCUT2D eigenvalue weighted by Crippen LogP contribution is -2.49. The first-order chi connectivity index (χ1) is 9.65. The fraction of sp³-hybridized carbons (Fsp3) is 0.900. The van der Waals surface area contributed by atoms with Crippen LogP contribution < -0.4 is 0 Å². The van der Waals surface area contributed by atoms with Gasteiger partial charge in [0.1, 0.15) is 24.4 Å². The van der Waals surface area contributed by atoms with E-state index in [1.54, 1.807) is 0 Å². The third kappa shape index (κ3) is 4.15. The Labute approximate surface area is 101 Å². The number of ether oxygens (including phenoxy) is 4. The minimum absolute atomic E-state index is 0.173. The molecule has 0 aromatic heterocycles. The molecule has 6 nitrogen and oxygen atoms in total. The van der Waals surface area contributed by atoms with E-state index >= 15 is 0 Å². The van der Waals surface area contributed by atoms with Crippen molar-refractivity contribution in [1.29, 1.82) is 0 Å². The molecule has 0 aromatic carbocycles. The van der Waals surface area contributed by atoms with E-state index in [0.717, 1.165) is 0 Å². The van der Waals surface area contributed by atoms with Crippen LogP contribution in [0.5, 0.6) is 0 Å². The Bertz CT molecular complexity index is 248. The molecule has 4 atom stereocenters. The second kappa shape index (κ2) is 8.60. The zero-order valence-corrected chi connectivity index (χ0v) is 8.91. The minimum atomic E-state index is -1.40. The first kappa shape index (κ1) is 9.49. The Balaban J connectivity index is 4.85. The molecule has 0 aliphatic heterocycles. The minimum Gasteiger partial charge on any atom is -0.387 e. The Kier molecular flexibility index (Phi) is 5.10. The smallest absolute Gasteiger partial charge is 0.151 e. The zero-order chi connectivity index (χ0) is 15.4. The van der Waals surface area contributed by atoms with E-state index in [0.29, 0.717) is 6.29 Å². The van der Waals surface area contributed by atoms with Crippen molar-refractivity contribution >= 4 is 6.29 Å². The third-order valence-electron chi connectivity index (χ3n) is 2.06. The van der Waals surface area contributed by atoms with Crippen LogP contribution in [-0.2, 0) is 23.7 Å². The fourth-order valence-electron chi connectivity index (χ4n) is 1.17. The monoisotopic (exact) mass is 240 g/mol. The average molecular weight is 240 g/mol. The van der Waals surface area contributed by atoms with Gasteiger partial charge in [-0.3, -0.25) is 0 Å². The summed E-state index contributed by atoms with van der Waals surface area (Å²) in [5.74, 6) is 0. The zero-order valence-electron chi connectivity index (χ0n) is 12.9. The van der Waals surface area contributed by atoms with Crippen molar-refractivity contribution in [1.82, 2.24) is 0 Å². The van der Waals surface area contributed by atoms with Gasteiger partial charge >= 0.3 is 0 Å². The van der Waals surface area contributed by atoms with Crippen LogP contribution >= 0.6 is 0 Å². The molecule has 0 rings (SSSR count). The van der Waals surface area contributed by atoms with Crippen LogP contribution in [0, 0.1) is 0 Å². The van der Waals surface area contributed by atoms with Crippen LogP contribution in [0.15, 0.2) is 0 Å². The highest BCUT2D eigenvalue weighted by Crippen LogP contribution is 2.12. The van der Waals surface area contributed by atoms with Crippen molar-refractivity contribution in [3.8, 4) is 0 Å². The van der Waals surface area contributed by atoms with Crippen LogP contribution in [0.1, 0.15) is 5.48 Å². The van der Waals surface area contributed by atoms with Gasteiger partial charge in [0.05, 0.1) is 12.1 Å². The lowest BCUT2D eigenvalue weighted by molar-refractivity contribution is -0.153. The van der Waals surface area contributed by atoms with Crippen molar-refractivity contribution in [2.75, 3.05) is 35.0 Å². The van der Waals surface area contributed by atoms with Gasteiger partial charge in [-0.15, -0.1) is 0 Å². The maximum atomic E-state index is 10.9. The van der Waals surface area contributed by atoms with Crippen molar-refractivity contribution in [3.05, 3.63) is 0 Å². The van der Waals surface area contributed by atoms with Gasteiger partial charge in [-0.1, -0.05) is 0 Å². The summed E-state index contributed by atoms with van der Waals surface area (Å²) in [6, 6.07) is 0. The number of aliphatic hydroxyl groups excluding tert-OH is 1. The van der Waals surface area contributed by atoms with Crippen molar-refractivity contribution in [2.45, 2.75) is 24.4 Å². The van der Waals surface area contributed by atoms with Gasteiger partial charge in [0.2, 0.25) is 0 Å². The SMILES string of the molecule is [2H]COC[C@@H](OC[2H])[C@@H](O)[C@H](OC[2H])[C@H](C=O)OC[2H]. The summed E-state index contributed by atoms with van der Waals surface area (Å²) in [5.41, 5.74) is 0. The average Bonchev–Trinajstić information content (AvgIpc) is 2.46. The number of aldehydes is 1. The van der Waals surface area contributed by atoms with E-state index in [1.165, 1.54) is 0 Å². The van der Waals surface area contributed by atoms with Gasteiger partial charge in [-0.2, -0.15) is 0 Å². The largest absolute Gasteiger partial charge is 0.387 e. The van der Waals surface area contributed by atoms with Crippen molar-refractivity contribution in [2.24, 2.45) is 0 Å². The van der Waals surface area contributed by atoms with Gasteiger partial charge in [0.25, 0.3) is 0 Å². The summed E-state index contributed by atoms with van der Waals surface area (Å²) in [7, 11) is -1.85. The molecule has 1 N–H and O–H groups in total. The van der Waals surface area contributed by atoms with Gasteiger partial charge in [-0.05, 0) is 0 Å². The van der Waals surface area contributed by atoms with E-state index < -0.39 is 45.7 Å². The van der Waals surface area contributed by atoms with Crippen LogP contribution in [0.2, 0.25) is 0 Å². The topological polar surface area (TPSA) is 74.2 Å². The Morgan fingerprint density at radius 1 is 1.25 bits per heavy atom.